The summed E-state index contributed by atoms with van der Waals surface area (Å²) in [5.74, 6) is -0.0203. The van der Waals surface area contributed by atoms with E-state index in [2.05, 4.69) is 25.2 Å². The van der Waals surface area contributed by atoms with Crippen molar-refractivity contribution in [1.29, 1.82) is 0 Å². The molecule has 3 N–H and O–H groups in total. The van der Waals surface area contributed by atoms with Crippen LogP contribution in [0.2, 0.25) is 0 Å². The zero-order valence-corrected chi connectivity index (χ0v) is 11.2. The molecule has 0 atom stereocenters. The molecule has 0 saturated carbocycles. The second-order valence-electron chi connectivity index (χ2n) is 4.40. The molecule has 92 valence electrons. The van der Waals surface area contributed by atoms with Crippen LogP contribution in [0.5, 0.6) is 0 Å². The van der Waals surface area contributed by atoms with E-state index in [1.54, 1.807) is 11.3 Å². The first-order valence-corrected chi connectivity index (χ1v) is 7.66. The Hall–Kier alpha value is -0.430. The molecule has 1 aromatic rings. The Bertz CT molecular complexity index is 410. The molecule has 0 saturated heterocycles. The molecule has 0 amide bonds. The van der Waals surface area contributed by atoms with Crippen LogP contribution in [-0.4, -0.2) is 27.3 Å². The number of sulfonamides is 1. The van der Waals surface area contributed by atoms with Crippen LogP contribution in [0.25, 0.3) is 0 Å². The van der Waals surface area contributed by atoms with E-state index in [4.69, 9.17) is 5.14 Å². The minimum atomic E-state index is -3.36. The predicted octanol–water partition coefficient (Wildman–Crippen LogP) is 0.904. The standard InChI is InChI=1S/C10H18N2O2S2/c1-10(2,9-4-3-6-15-9)8-12-5-7-16(11,13)14/h3-4,6,12H,5,7-8H2,1-2H3,(H2,11,13,14). The Morgan fingerprint density at radius 2 is 2.19 bits per heavy atom. The third-order valence-electron chi connectivity index (χ3n) is 2.32. The Morgan fingerprint density at radius 3 is 2.69 bits per heavy atom. The lowest BCUT2D eigenvalue weighted by molar-refractivity contribution is 0.485. The van der Waals surface area contributed by atoms with Crippen LogP contribution < -0.4 is 10.5 Å². The summed E-state index contributed by atoms with van der Waals surface area (Å²) in [5, 5.41) is 10.1. The highest BCUT2D eigenvalue weighted by Gasteiger charge is 2.21. The lowest BCUT2D eigenvalue weighted by atomic mass is 9.91. The Morgan fingerprint density at radius 1 is 1.50 bits per heavy atom. The Balaban J connectivity index is 2.38. The van der Waals surface area contributed by atoms with Gasteiger partial charge in [0, 0.05) is 23.4 Å². The maximum atomic E-state index is 10.7. The van der Waals surface area contributed by atoms with E-state index in [1.165, 1.54) is 4.88 Å². The van der Waals surface area contributed by atoms with Gasteiger partial charge in [-0.05, 0) is 11.4 Å². The van der Waals surface area contributed by atoms with Crippen LogP contribution in [0.4, 0.5) is 0 Å². The van der Waals surface area contributed by atoms with E-state index in [0.29, 0.717) is 6.54 Å². The molecule has 0 fully saturated rings. The number of rotatable bonds is 6. The van der Waals surface area contributed by atoms with Crippen molar-refractivity contribution in [2.75, 3.05) is 18.8 Å². The second-order valence-corrected chi connectivity index (χ2v) is 7.09. The molecule has 4 nitrogen and oxygen atoms in total. The predicted molar refractivity (Wildman–Crippen MR) is 68.2 cm³/mol. The molecule has 0 aliphatic rings. The van der Waals surface area contributed by atoms with Crippen LogP contribution in [-0.2, 0) is 15.4 Å². The summed E-state index contributed by atoms with van der Waals surface area (Å²) in [7, 11) is -3.36. The maximum absolute atomic E-state index is 10.7. The highest BCUT2D eigenvalue weighted by Crippen LogP contribution is 2.26. The van der Waals surface area contributed by atoms with Gasteiger partial charge < -0.3 is 5.32 Å². The minimum Gasteiger partial charge on any atom is -0.315 e. The summed E-state index contributed by atoms with van der Waals surface area (Å²) in [6, 6.07) is 4.11. The van der Waals surface area contributed by atoms with Gasteiger partial charge in [0.15, 0.2) is 0 Å². The smallest absolute Gasteiger partial charge is 0.210 e. The zero-order valence-electron chi connectivity index (χ0n) is 9.56. The van der Waals surface area contributed by atoms with Crippen LogP contribution >= 0.6 is 11.3 Å². The normalized spacial score (nSPS) is 12.9. The number of nitrogens with two attached hydrogens (primary N) is 1. The van der Waals surface area contributed by atoms with Gasteiger partial charge in [0.2, 0.25) is 10.0 Å². The molecular weight excluding hydrogens is 244 g/mol. The fourth-order valence-electron chi connectivity index (χ4n) is 1.37. The van der Waals surface area contributed by atoms with E-state index in [9.17, 15) is 8.42 Å². The van der Waals surface area contributed by atoms with Gasteiger partial charge in [0.25, 0.3) is 0 Å². The third-order valence-corrected chi connectivity index (χ3v) is 4.33. The fraction of sp³-hybridized carbons (Fsp3) is 0.600. The molecule has 1 aromatic heterocycles. The monoisotopic (exact) mass is 262 g/mol. The van der Waals surface area contributed by atoms with Gasteiger partial charge in [0.05, 0.1) is 5.75 Å². The fourth-order valence-corrected chi connectivity index (χ4v) is 2.65. The second kappa shape index (κ2) is 5.27. The molecule has 0 spiro atoms. The topological polar surface area (TPSA) is 72.2 Å². The SMILES string of the molecule is CC(C)(CNCCS(N)(=O)=O)c1cccs1. The molecule has 1 rings (SSSR count). The molecule has 0 aromatic carbocycles. The van der Waals surface area contributed by atoms with Crippen LogP contribution in [0.15, 0.2) is 17.5 Å². The van der Waals surface area contributed by atoms with Gasteiger partial charge in [-0.1, -0.05) is 19.9 Å². The highest BCUT2D eigenvalue weighted by atomic mass is 32.2. The summed E-state index contributed by atoms with van der Waals surface area (Å²) in [4.78, 5) is 1.29. The van der Waals surface area contributed by atoms with Crippen molar-refractivity contribution >= 4 is 21.4 Å². The first-order chi connectivity index (χ1) is 7.31. The van der Waals surface area contributed by atoms with Crippen molar-refractivity contribution < 1.29 is 8.42 Å². The van der Waals surface area contributed by atoms with Crippen molar-refractivity contribution in [2.24, 2.45) is 5.14 Å². The van der Waals surface area contributed by atoms with E-state index in [1.807, 2.05) is 11.4 Å². The number of nitrogens with one attached hydrogen (secondary N) is 1. The molecule has 16 heavy (non-hydrogen) atoms. The molecule has 0 unspecified atom stereocenters. The van der Waals surface area contributed by atoms with Gasteiger partial charge in [-0.25, -0.2) is 13.6 Å². The van der Waals surface area contributed by atoms with E-state index in [-0.39, 0.29) is 11.2 Å². The van der Waals surface area contributed by atoms with E-state index < -0.39 is 10.0 Å². The van der Waals surface area contributed by atoms with Crippen LogP contribution in [0.1, 0.15) is 18.7 Å². The number of hydrogen-bond donors (Lipinski definition) is 2. The van der Waals surface area contributed by atoms with E-state index >= 15 is 0 Å². The largest absolute Gasteiger partial charge is 0.315 e. The zero-order chi connectivity index (χ0) is 12.2. The molecule has 0 bridgehead atoms. The molecule has 1 heterocycles. The van der Waals surface area contributed by atoms with Crippen molar-refractivity contribution in [2.45, 2.75) is 19.3 Å². The van der Waals surface area contributed by atoms with Crippen LogP contribution in [0.3, 0.4) is 0 Å². The Kier molecular flexibility index (Phi) is 4.49. The summed E-state index contributed by atoms with van der Waals surface area (Å²) in [6.45, 7) is 5.39. The van der Waals surface area contributed by atoms with Crippen molar-refractivity contribution in [3.8, 4) is 0 Å². The third kappa shape index (κ3) is 4.61. The van der Waals surface area contributed by atoms with Crippen LogP contribution in [0, 0.1) is 0 Å². The average Bonchev–Trinajstić information content (AvgIpc) is 2.64. The molecule has 6 heteroatoms. The van der Waals surface area contributed by atoms with Crippen molar-refractivity contribution in [1.82, 2.24) is 5.32 Å². The lowest BCUT2D eigenvalue weighted by Gasteiger charge is -2.23. The molecule has 0 radical (unpaired) electrons. The number of hydrogen-bond acceptors (Lipinski definition) is 4. The summed E-state index contributed by atoms with van der Waals surface area (Å²) < 4.78 is 21.4. The summed E-state index contributed by atoms with van der Waals surface area (Å²) >= 11 is 1.71. The molecular formula is C10H18N2O2S2. The minimum absolute atomic E-state index is 0.0203. The average molecular weight is 262 g/mol. The quantitative estimate of drug-likeness (QED) is 0.748. The first kappa shape index (κ1) is 13.6. The highest BCUT2D eigenvalue weighted by molar-refractivity contribution is 7.89. The maximum Gasteiger partial charge on any atom is 0.210 e. The van der Waals surface area contributed by atoms with Crippen molar-refractivity contribution in [3.05, 3.63) is 22.4 Å². The van der Waals surface area contributed by atoms with Gasteiger partial charge in [-0.3, -0.25) is 0 Å². The van der Waals surface area contributed by atoms with Gasteiger partial charge in [-0.2, -0.15) is 0 Å². The van der Waals surface area contributed by atoms with Gasteiger partial charge in [0.1, 0.15) is 0 Å². The lowest BCUT2D eigenvalue weighted by Crippen LogP contribution is -2.36. The summed E-state index contributed by atoms with van der Waals surface area (Å²) in [6.07, 6.45) is 0. The number of primary sulfonamides is 1. The molecule has 0 aliphatic heterocycles. The van der Waals surface area contributed by atoms with E-state index in [0.717, 1.165) is 6.54 Å². The summed E-state index contributed by atoms with van der Waals surface area (Å²) in [5.41, 5.74) is 0.0204. The first-order valence-electron chi connectivity index (χ1n) is 5.06. The van der Waals surface area contributed by atoms with Gasteiger partial charge >= 0.3 is 0 Å². The Labute approximate surface area is 101 Å². The van der Waals surface area contributed by atoms with Crippen molar-refractivity contribution in [3.63, 3.8) is 0 Å². The number of thiophene rings is 1. The molecule has 0 aliphatic carbocycles. The van der Waals surface area contributed by atoms with Gasteiger partial charge in [-0.15, -0.1) is 11.3 Å².